The number of benzene rings is 1. The minimum absolute atomic E-state index is 0.102. The Bertz CT molecular complexity index is 738. The Morgan fingerprint density at radius 2 is 2.00 bits per heavy atom. The fraction of sp³-hybridized carbons (Fsp3) is 0.231. The lowest BCUT2D eigenvalue weighted by atomic mass is 10.2. The highest BCUT2D eigenvalue weighted by Crippen LogP contribution is 2.28. The number of nitrogens with two attached hydrogens (primary N) is 1. The molecule has 0 unspecified atom stereocenters. The fourth-order valence-electron chi connectivity index (χ4n) is 1.79. The summed E-state index contributed by atoms with van der Waals surface area (Å²) in [6.45, 7) is 3.68. The van der Waals surface area contributed by atoms with Gasteiger partial charge < -0.3 is 10.2 Å². The number of hydrogen-bond acceptors (Lipinski definition) is 4. The largest absolute Gasteiger partial charge is 0.464 e. The summed E-state index contributed by atoms with van der Waals surface area (Å²) in [6.07, 6.45) is 0. The topological polar surface area (TPSA) is 85.3 Å². The zero-order valence-electron chi connectivity index (χ0n) is 11.1. The van der Waals surface area contributed by atoms with Crippen molar-refractivity contribution < 1.29 is 12.8 Å². The van der Waals surface area contributed by atoms with Gasteiger partial charge in [-0.05, 0) is 47.5 Å². The summed E-state index contributed by atoms with van der Waals surface area (Å²) in [5.74, 6) is 0.757. The molecule has 0 aliphatic heterocycles. The van der Waals surface area contributed by atoms with Gasteiger partial charge in [0.2, 0.25) is 0 Å². The van der Waals surface area contributed by atoms with Crippen LogP contribution in [0.4, 0.5) is 5.69 Å². The molecule has 3 N–H and O–H groups in total. The van der Waals surface area contributed by atoms with Gasteiger partial charge in [0.15, 0.2) is 0 Å². The number of halogens is 1. The molecule has 0 saturated heterocycles. The van der Waals surface area contributed by atoms with Crippen LogP contribution < -0.4 is 10.5 Å². The average molecular weight is 359 g/mol. The zero-order valence-corrected chi connectivity index (χ0v) is 13.5. The molecule has 2 aromatic rings. The molecule has 1 heterocycles. The number of sulfonamides is 1. The molecule has 0 spiro atoms. The van der Waals surface area contributed by atoms with Crippen molar-refractivity contribution in [2.75, 3.05) is 4.72 Å². The lowest BCUT2D eigenvalue weighted by Crippen LogP contribution is -2.13. The SMILES string of the molecule is Cc1ccc(NS(=O)(=O)c2cc(CN)oc2C)c(Br)c1. The van der Waals surface area contributed by atoms with Gasteiger partial charge in [-0.25, -0.2) is 8.42 Å². The standard InChI is InChI=1S/C13H15BrN2O3S/c1-8-3-4-12(11(14)5-8)16-20(17,18)13-6-10(7-15)19-9(13)2/h3-6,16H,7,15H2,1-2H3. The minimum atomic E-state index is -3.70. The molecule has 5 nitrogen and oxygen atoms in total. The van der Waals surface area contributed by atoms with Crippen LogP contribution in [0.15, 0.2) is 38.1 Å². The van der Waals surface area contributed by atoms with E-state index in [9.17, 15) is 8.42 Å². The van der Waals surface area contributed by atoms with Crippen molar-refractivity contribution in [2.45, 2.75) is 25.3 Å². The Labute approximate surface area is 126 Å². The van der Waals surface area contributed by atoms with Crippen molar-refractivity contribution in [1.82, 2.24) is 0 Å². The average Bonchev–Trinajstić information content (AvgIpc) is 2.75. The van der Waals surface area contributed by atoms with Crippen molar-refractivity contribution in [3.63, 3.8) is 0 Å². The van der Waals surface area contributed by atoms with Gasteiger partial charge in [-0.1, -0.05) is 6.07 Å². The molecule has 0 fully saturated rings. The summed E-state index contributed by atoms with van der Waals surface area (Å²) in [5, 5.41) is 0. The second kappa shape index (κ2) is 5.59. The van der Waals surface area contributed by atoms with E-state index in [2.05, 4.69) is 20.7 Å². The molecule has 108 valence electrons. The Hall–Kier alpha value is -1.31. The van der Waals surface area contributed by atoms with Gasteiger partial charge in [0.1, 0.15) is 16.4 Å². The Kier molecular flexibility index (Phi) is 4.22. The molecule has 7 heteroatoms. The van der Waals surface area contributed by atoms with Crippen LogP contribution in [0.3, 0.4) is 0 Å². The first kappa shape index (κ1) is 15.1. The number of anilines is 1. The molecule has 0 aliphatic carbocycles. The van der Waals surface area contributed by atoms with Crippen LogP contribution in [0.1, 0.15) is 17.1 Å². The molecule has 1 aromatic carbocycles. The highest BCUT2D eigenvalue weighted by atomic mass is 79.9. The van der Waals surface area contributed by atoms with Crippen LogP contribution in [0.5, 0.6) is 0 Å². The maximum absolute atomic E-state index is 12.4. The summed E-state index contributed by atoms with van der Waals surface area (Å²) in [5.41, 5.74) is 6.96. The van der Waals surface area contributed by atoms with E-state index >= 15 is 0 Å². The van der Waals surface area contributed by atoms with Gasteiger partial charge in [0.05, 0.1) is 12.2 Å². The van der Waals surface area contributed by atoms with Gasteiger partial charge in [0.25, 0.3) is 10.0 Å². The normalized spacial score (nSPS) is 11.6. The molecule has 20 heavy (non-hydrogen) atoms. The second-order valence-electron chi connectivity index (χ2n) is 4.43. The first-order valence-corrected chi connectivity index (χ1v) is 8.19. The Morgan fingerprint density at radius 3 is 2.55 bits per heavy atom. The highest BCUT2D eigenvalue weighted by Gasteiger charge is 2.22. The van der Waals surface area contributed by atoms with Gasteiger partial charge >= 0.3 is 0 Å². The van der Waals surface area contributed by atoms with E-state index < -0.39 is 10.0 Å². The smallest absolute Gasteiger partial charge is 0.265 e. The zero-order chi connectivity index (χ0) is 14.9. The third-order valence-electron chi connectivity index (χ3n) is 2.78. The number of aryl methyl sites for hydroxylation is 2. The van der Waals surface area contributed by atoms with Crippen molar-refractivity contribution in [1.29, 1.82) is 0 Å². The Morgan fingerprint density at radius 1 is 1.30 bits per heavy atom. The van der Waals surface area contributed by atoms with Crippen LogP contribution in [-0.2, 0) is 16.6 Å². The van der Waals surface area contributed by atoms with Crippen molar-refractivity contribution >= 4 is 31.6 Å². The third kappa shape index (κ3) is 3.05. The number of hydrogen-bond donors (Lipinski definition) is 2. The third-order valence-corrected chi connectivity index (χ3v) is 4.91. The molecule has 0 saturated carbocycles. The molecule has 2 rings (SSSR count). The predicted octanol–water partition coefficient (Wildman–Crippen LogP) is 2.92. The van der Waals surface area contributed by atoms with Crippen molar-refractivity contribution in [3.05, 3.63) is 45.8 Å². The van der Waals surface area contributed by atoms with E-state index in [-0.39, 0.29) is 11.4 Å². The van der Waals surface area contributed by atoms with Gasteiger partial charge in [-0.15, -0.1) is 0 Å². The number of furan rings is 1. The molecule has 0 amide bonds. The van der Waals surface area contributed by atoms with Gasteiger partial charge in [-0.3, -0.25) is 4.72 Å². The van der Waals surface area contributed by atoms with E-state index in [0.29, 0.717) is 21.7 Å². The number of rotatable bonds is 4. The molecular weight excluding hydrogens is 344 g/mol. The van der Waals surface area contributed by atoms with Crippen molar-refractivity contribution in [2.24, 2.45) is 5.73 Å². The summed E-state index contributed by atoms with van der Waals surface area (Å²) >= 11 is 3.34. The molecule has 0 radical (unpaired) electrons. The maximum atomic E-state index is 12.4. The monoisotopic (exact) mass is 358 g/mol. The maximum Gasteiger partial charge on any atom is 0.265 e. The first-order valence-electron chi connectivity index (χ1n) is 5.92. The lowest BCUT2D eigenvalue weighted by molar-refractivity contribution is 0.479. The van der Waals surface area contributed by atoms with Crippen LogP contribution >= 0.6 is 15.9 Å². The van der Waals surface area contributed by atoms with Crippen LogP contribution in [0.25, 0.3) is 0 Å². The quantitative estimate of drug-likeness (QED) is 0.879. The van der Waals surface area contributed by atoms with Crippen LogP contribution in [0.2, 0.25) is 0 Å². The minimum Gasteiger partial charge on any atom is -0.464 e. The van der Waals surface area contributed by atoms with E-state index in [4.69, 9.17) is 10.2 Å². The molecular formula is C13H15BrN2O3S. The lowest BCUT2D eigenvalue weighted by Gasteiger charge is -2.09. The summed E-state index contributed by atoms with van der Waals surface area (Å²) in [4.78, 5) is 0.102. The van der Waals surface area contributed by atoms with Gasteiger partial charge in [-0.2, -0.15) is 0 Å². The summed E-state index contributed by atoms with van der Waals surface area (Å²) in [7, 11) is -3.70. The van der Waals surface area contributed by atoms with E-state index in [0.717, 1.165) is 5.56 Å². The van der Waals surface area contributed by atoms with E-state index in [1.165, 1.54) is 6.07 Å². The van der Waals surface area contributed by atoms with E-state index in [1.807, 2.05) is 19.1 Å². The van der Waals surface area contributed by atoms with Crippen LogP contribution in [-0.4, -0.2) is 8.42 Å². The van der Waals surface area contributed by atoms with E-state index in [1.54, 1.807) is 13.0 Å². The highest BCUT2D eigenvalue weighted by molar-refractivity contribution is 9.10. The molecule has 0 aliphatic rings. The van der Waals surface area contributed by atoms with Crippen molar-refractivity contribution in [3.8, 4) is 0 Å². The summed E-state index contributed by atoms with van der Waals surface area (Å²) in [6, 6.07) is 6.82. The molecule has 0 bridgehead atoms. The number of nitrogens with one attached hydrogen (secondary N) is 1. The predicted molar refractivity (Wildman–Crippen MR) is 81.0 cm³/mol. The summed E-state index contributed by atoms with van der Waals surface area (Å²) < 4.78 is 33.2. The van der Waals surface area contributed by atoms with Crippen LogP contribution in [0, 0.1) is 13.8 Å². The molecule has 0 atom stereocenters. The fourth-order valence-corrected chi connectivity index (χ4v) is 3.80. The molecule has 1 aromatic heterocycles. The second-order valence-corrected chi connectivity index (χ2v) is 6.93. The van der Waals surface area contributed by atoms with Gasteiger partial charge in [0, 0.05) is 10.5 Å². The first-order chi connectivity index (χ1) is 9.33. The Balaban J connectivity index is 2.38.